The molecule has 0 heterocycles. The number of fused-ring (bicyclic) bond motifs is 3. The lowest BCUT2D eigenvalue weighted by atomic mass is 10.1. The molecule has 1 fully saturated rings. The van der Waals surface area contributed by atoms with Crippen molar-refractivity contribution in [3.63, 3.8) is 0 Å². The van der Waals surface area contributed by atoms with Gasteiger partial charge in [-0.2, -0.15) is 0 Å². The van der Waals surface area contributed by atoms with Gasteiger partial charge in [-0.05, 0) is 35.8 Å². The molecule has 1 saturated carbocycles. The van der Waals surface area contributed by atoms with E-state index in [0.29, 0.717) is 23.8 Å². The summed E-state index contributed by atoms with van der Waals surface area (Å²) in [5.74, 6) is 2.70. The second-order valence-electron chi connectivity index (χ2n) is 6.21. The number of nitrogens with two attached hydrogens (primary N) is 1. The number of aliphatic imine (C=N–C) groups is 1. The van der Waals surface area contributed by atoms with Crippen LogP contribution in [0, 0.1) is 11.8 Å². The predicted molar refractivity (Wildman–Crippen MR) is 79.2 cm³/mol. The zero-order chi connectivity index (χ0) is 13.4. The molecule has 102 valence electrons. The van der Waals surface area contributed by atoms with Crippen LogP contribution in [0.2, 0.25) is 0 Å². The van der Waals surface area contributed by atoms with E-state index in [2.05, 4.69) is 48.4 Å². The third-order valence-corrected chi connectivity index (χ3v) is 4.34. The van der Waals surface area contributed by atoms with Crippen LogP contribution in [0.1, 0.15) is 37.3 Å². The minimum absolute atomic E-state index is 0.512. The minimum Gasteiger partial charge on any atom is -0.370 e. The molecular weight excluding hydrogens is 234 g/mol. The minimum atomic E-state index is 0.512. The molecule has 3 nitrogen and oxygen atoms in total. The Hall–Kier alpha value is -1.51. The number of hydrogen-bond acceptors (Lipinski definition) is 1. The van der Waals surface area contributed by atoms with E-state index in [9.17, 15) is 0 Å². The molecule has 0 saturated heterocycles. The van der Waals surface area contributed by atoms with E-state index in [4.69, 9.17) is 5.73 Å². The van der Waals surface area contributed by atoms with Gasteiger partial charge in [0, 0.05) is 18.5 Å². The molecular formula is C16H23N3. The molecule has 3 heteroatoms. The summed E-state index contributed by atoms with van der Waals surface area (Å²) in [5.41, 5.74) is 9.00. The highest BCUT2D eigenvalue weighted by atomic mass is 15.1. The molecule has 19 heavy (non-hydrogen) atoms. The highest BCUT2D eigenvalue weighted by Crippen LogP contribution is 2.56. The number of nitrogens with zero attached hydrogens (tertiary/aromatic N) is 1. The summed E-state index contributed by atoms with van der Waals surface area (Å²) in [4.78, 5) is 4.41. The first-order valence-electron chi connectivity index (χ1n) is 7.31. The molecule has 2 aliphatic carbocycles. The normalized spacial score (nSPS) is 28.2. The molecule has 2 aliphatic rings. The zero-order valence-electron chi connectivity index (χ0n) is 11.8. The van der Waals surface area contributed by atoms with E-state index in [-0.39, 0.29) is 0 Å². The lowest BCUT2D eigenvalue weighted by Crippen LogP contribution is -2.35. The van der Waals surface area contributed by atoms with Crippen molar-refractivity contribution in [2.75, 3.05) is 6.54 Å². The Bertz CT molecular complexity index is 493. The second kappa shape index (κ2) is 4.87. The molecule has 0 aliphatic heterocycles. The summed E-state index contributed by atoms with van der Waals surface area (Å²) >= 11 is 0. The number of benzene rings is 1. The lowest BCUT2D eigenvalue weighted by molar-refractivity contribution is 0.595. The Morgan fingerprint density at radius 3 is 3.00 bits per heavy atom. The average molecular weight is 257 g/mol. The summed E-state index contributed by atoms with van der Waals surface area (Å²) in [5, 5.41) is 3.40. The van der Waals surface area contributed by atoms with Gasteiger partial charge in [0.25, 0.3) is 0 Å². The van der Waals surface area contributed by atoms with Crippen molar-refractivity contribution in [3.05, 3.63) is 35.4 Å². The number of guanidine groups is 1. The first-order chi connectivity index (χ1) is 9.16. The highest BCUT2D eigenvalue weighted by molar-refractivity contribution is 5.79. The summed E-state index contributed by atoms with van der Waals surface area (Å²) in [6.07, 6.45) is 2.29. The zero-order valence-corrected chi connectivity index (χ0v) is 11.8. The van der Waals surface area contributed by atoms with E-state index >= 15 is 0 Å². The van der Waals surface area contributed by atoms with Crippen LogP contribution in [0.15, 0.2) is 29.3 Å². The van der Waals surface area contributed by atoms with E-state index in [1.807, 2.05) is 0 Å². The molecule has 3 N–H and O–H groups in total. The quantitative estimate of drug-likeness (QED) is 0.642. The fourth-order valence-electron chi connectivity index (χ4n) is 3.21. The molecule has 3 unspecified atom stereocenters. The van der Waals surface area contributed by atoms with E-state index < -0.39 is 0 Å². The van der Waals surface area contributed by atoms with Gasteiger partial charge in [-0.15, -0.1) is 0 Å². The Morgan fingerprint density at radius 1 is 1.42 bits per heavy atom. The lowest BCUT2D eigenvalue weighted by Gasteiger charge is -2.10. The number of hydrogen-bond donors (Lipinski definition) is 2. The smallest absolute Gasteiger partial charge is 0.188 e. The van der Waals surface area contributed by atoms with E-state index in [0.717, 1.165) is 18.9 Å². The third kappa shape index (κ3) is 2.46. The Balaban J connectivity index is 1.55. The Morgan fingerprint density at radius 2 is 2.21 bits per heavy atom. The summed E-state index contributed by atoms with van der Waals surface area (Å²) in [7, 11) is 0. The second-order valence-corrected chi connectivity index (χ2v) is 6.21. The van der Waals surface area contributed by atoms with Gasteiger partial charge in [-0.25, -0.2) is 0 Å². The monoisotopic (exact) mass is 257 g/mol. The Labute approximate surface area is 115 Å². The van der Waals surface area contributed by atoms with Crippen molar-refractivity contribution in [3.8, 4) is 0 Å². The van der Waals surface area contributed by atoms with Gasteiger partial charge in [0.1, 0.15) is 0 Å². The van der Waals surface area contributed by atoms with Crippen LogP contribution in [0.4, 0.5) is 0 Å². The average Bonchev–Trinajstić information content (AvgIpc) is 2.88. The van der Waals surface area contributed by atoms with Crippen molar-refractivity contribution in [1.82, 2.24) is 5.32 Å². The third-order valence-electron chi connectivity index (χ3n) is 4.34. The molecule has 0 bridgehead atoms. The van der Waals surface area contributed by atoms with Crippen LogP contribution in [0.25, 0.3) is 0 Å². The van der Waals surface area contributed by atoms with Gasteiger partial charge in [0.05, 0.1) is 0 Å². The van der Waals surface area contributed by atoms with E-state index in [1.54, 1.807) is 0 Å². The van der Waals surface area contributed by atoms with Gasteiger partial charge >= 0.3 is 0 Å². The SMILES string of the molecule is CC(C)CCN=C(N)NC1C2Cc3ccccc3C21. The van der Waals surface area contributed by atoms with Gasteiger partial charge in [0.15, 0.2) is 5.96 Å². The van der Waals surface area contributed by atoms with Gasteiger partial charge in [0.2, 0.25) is 0 Å². The standard InChI is InChI=1S/C16H23N3/c1-10(2)7-8-18-16(17)19-15-13-9-11-5-3-4-6-12(11)14(13)15/h3-6,10,13-15H,7-9H2,1-2H3,(H3,17,18,19). The molecule has 3 atom stereocenters. The maximum Gasteiger partial charge on any atom is 0.188 e. The van der Waals surface area contributed by atoms with Crippen molar-refractivity contribution in [2.45, 2.75) is 38.6 Å². The topological polar surface area (TPSA) is 50.4 Å². The Kier molecular flexibility index (Phi) is 3.21. The number of rotatable bonds is 4. The maximum absolute atomic E-state index is 5.96. The summed E-state index contributed by atoms with van der Waals surface area (Å²) < 4.78 is 0. The molecule has 0 radical (unpaired) electrons. The first-order valence-corrected chi connectivity index (χ1v) is 7.31. The fraction of sp³-hybridized carbons (Fsp3) is 0.562. The predicted octanol–water partition coefficient (Wildman–Crippen LogP) is 2.28. The van der Waals surface area contributed by atoms with Gasteiger partial charge < -0.3 is 11.1 Å². The molecule has 0 aromatic heterocycles. The molecule has 1 aromatic rings. The van der Waals surface area contributed by atoms with Crippen LogP contribution < -0.4 is 11.1 Å². The molecule has 0 amide bonds. The van der Waals surface area contributed by atoms with Crippen LogP contribution in [0.3, 0.4) is 0 Å². The highest BCUT2D eigenvalue weighted by Gasteiger charge is 2.55. The van der Waals surface area contributed by atoms with Crippen LogP contribution in [-0.2, 0) is 6.42 Å². The summed E-state index contributed by atoms with van der Waals surface area (Å²) in [6, 6.07) is 9.29. The van der Waals surface area contributed by atoms with Crippen molar-refractivity contribution >= 4 is 5.96 Å². The number of nitrogens with one attached hydrogen (secondary N) is 1. The largest absolute Gasteiger partial charge is 0.370 e. The van der Waals surface area contributed by atoms with Crippen LogP contribution in [-0.4, -0.2) is 18.5 Å². The van der Waals surface area contributed by atoms with Gasteiger partial charge in [-0.3, -0.25) is 4.99 Å². The maximum atomic E-state index is 5.96. The molecule has 1 aromatic carbocycles. The molecule has 3 rings (SSSR count). The first kappa shape index (κ1) is 12.5. The van der Waals surface area contributed by atoms with Crippen molar-refractivity contribution in [1.29, 1.82) is 0 Å². The van der Waals surface area contributed by atoms with Crippen molar-refractivity contribution in [2.24, 2.45) is 22.6 Å². The van der Waals surface area contributed by atoms with E-state index in [1.165, 1.54) is 17.5 Å². The fourth-order valence-corrected chi connectivity index (χ4v) is 3.21. The van der Waals surface area contributed by atoms with Crippen LogP contribution >= 0.6 is 0 Å². The summed E-state index contributed by atoms with van der Waals surface area (Å²) in [6.45, 7) is 5.25. The van der Waals surface area contributed by atoms with Crippen molar-refractivity contribution < 1.29 is 0 Å². The molecule has 0 spiro atoms. The van der Waals surface area contributed by atoms with Crippen LogP contribution in [0.5, 0.6) is 0 Å². The van der Waals surface area contributed by atoms with Gasteiger partial charge in [-0.1, -0.05) is 38.1 Å².